The highest BCUT2D eigenvalue weighted by molar-refractivity contribution is 5.26. The minimum atomic E-state index is 0.151. The molecular weight excluding hydrogens is 394 g/mol. The van der Waals surface area contributed by atoms with Gasteiger partial charge in [0.15, 0.2) is 0 Å². The molecule has 32 heavy (non-hydrogen) atoms. The van der Waals surface area contributed by atoms with Gasteiger partial charge >= 0.3 is 0 Å². The summed E-state index contributed by atoms with van der Waals surface area (Å²) in [5, 5.41) is 6.79. The summed E-state index contributed by atoms with van der Waals surface area (Å²) in [6.07, 6.45) is 5.54. The third-order valence-corrected chi connectivity index (χ3v) is 5.03. The van der Waals surface area contributed by atoms with Gasteiger partial charge in [0.05, 0.1) is 0 Å². The Labute approximate surface area is 195 Å². The molecule has 0 saturated heterocycles. The van der Waals surface area contributed by atoms with E-state index in [2.05, 4.69) is 100 Å². The van der Waals surface area contributed by atoms with Crippen LogP contribution in [-0.4, -0.2) is 25.1 Å². The number of aryl methyl sites for hydroxylation is 3. The highest BCUT2D eigenvalue weighted by Gasteiger charge is 2.17. The molecule has 0 radical (unpaired) electrons. The van der Waals surface area contributed by atoms with Gasteiger partial charge in [0.25, 0.3) is 0 Å². The van der Waals surface area contributed by atoms with Gasteiger partial charge in [-0.05, 0) is 54.9 Å². The molecule has 0 spiro atoms. The van der Waals surface area contributed by atoms with E-state index in [1.54, 1.807) is 6.20 Å². The van der Waals surface area contributed by atoms with E-state index in [1.807, 2.05) is 38.4 Å². The summed E-state index contributed by atoms with van der Waals surface area (Å²) in [5.74, 6) is 0.848. The van der Waals surface area contributed by atoms with Crippen LogP contribution in [0.4, 0.5) is 0 Å². The summed E-state index contributed by atoms with van der Waals surface area (Å²) < 4.78 is 0. The van der Waals surface area contributed by atoms with Crippen LogP contribution in [0.25, 0.3) is 0 Å². The molecule has 0 aromatic carbocycles. The molecule has 1 N–H and O–H groups in total. The zero-order valence-electron chi connectivity index (χ0n) is 22.3. The first-order valence-electron chi connectivity index (χ1n) is 11.3. The maximum Gasteiger partial charge on any atom is 0.125 e. The van der Waals surface area contributed by atoms with Crippen molar-refractivity contribution >= 4 is 0 Å². The van der Waals surface area contributed by atoms with Crippen molar-refractivity contribution in [2.45, 2.75) is 99.3 Å². The Kier molecular flexibility index (Phi) is 9.31. The van der Waals surface area contributed by atoms with Crippen LogP contribution in [0.1, 0.15) is 96.3 Å². The molecule has 0 unspecified atom stereocenters. The summed E-state index contributed by atoms with van der Waals surface area (Å²) in [5.41, 5.74) is 6.55. The minimum Gasteiger partial charge on any atom is -0.282 e. The van der Waals surface area contributed by atoms with Gasteiger partial charge in [-0.15, -0.1) is 0 Å². The van der Waals surface area contributed by atoms with E-state index in [-0.39, 0.29) is 16.2 Å². The number of rotatable bonds is 0. The van der Waals surface area contributed by atoms with Crippen LogP contribution in [-0.2, 0) is 16.2 Å². The molecule has 176 valence electrons. The van der Waals surface area contributed by atoms with Crippen molar-refractivity contribution in [3.63, 3.8) is 0 Å². The SMILES string of the molecule is CC(C)(C)c1ccn[nH]1.Cc1ncc(C(C)(C)C)c(C)n1.Cc1ncccc1C(C)(C)C. The quantitative estimate of drug-likeness (QED) is 0.420. The molecule has 3 aromatic rings. The van der Waals surface area contributed by atoms with Gasteiger partial charge in [0.1, 0.15) is 5.82 Å². The average molecular weight is 438 g/mol. The van der Waals surface area contributed by atoms with Crippen LogP contribution in [0.3, 0.4) is 0 Å². The van der Waals surface area contributed by atoms with E-state index in [0.29, 0.717) is 0 Å². The minimum absolute atomic E-state index is 0.151. The molecule has 5 nitrogen and oxygen atoms in total. The monoisotopic (exact) mass is 437 g/mol. The Bertz CT molecular complexity index is 953. The smallest absolute Gasteiger partial charge is 0.125 e. The highest BCUT2D eigenvalue weighted by Crippen LogP contribution is 2.24. The second kappa shape index (κ2) is 10.8. The van der Waals surface area contributed by atoms with Crippen LogP contribution in [0, 0.1) is 20.8 Å². The van der Waals surface area contributed by atoms with Gasteiger partial charge in [-0.2, -0.15) is 5.10 Å². The van der Waals surface area contributed by atoms with Crippen LogP contribution in [0.15, 0.2) is 36.8 Å². The van der Waals surface area contributed by atoms with Gasteiger partial charge in [0, 0.05) is 41.1 Å². The molecule has 5 heteroatoms. The van der Waals surface area contributed by atoms with Gasteiger partial charge in [-0.25, -0.2) is 9.97 Å². The van der Waals surface area contributed by atoms with E-state index >= 15 is 0 Å². The predicted octanol–water partition coefficient (Wildman–Crippen LogP) is 6.79. The van der Waals surface area contributed by atoms with Crippen molar-refractivity contribution in [3.05, 3.63) is 70.8 Å². The van der Waals surface area contributed by atoms with Gasteiger partial charge in [0.2, 0.25) is 0 Å². The summed E-state index contributed by atoms with van der Waals surface area (Å²) >= 11 is 0. The zero-order chi connectivity index (χ0) is 24.7. The largest absolute Gasteiger partial charge is 0.282 e. The highest BCUT2D eigenvalue weighted by atomic mass is 15.1. The lowest BCUT2D eigenvalue weighted by Gasteiger charge is -2.20. The van der Waals surface area contributed by atoms with E-state index in [4.69, 9.17) is 0 Å². The molecule has 0 fully saturated rings. The first-order valence-corrected chi connectivity index (χ1v) is 11.3. The van der Waals surface area contributed by atoms with E-state index < -0.39 is 0 Å². The number of H-pyrrole nitrogens is 1. The second-order valence-corrected chi connectivity index (χ2v) is 11.3. The Morgan fingerprint density at radius 3 is 1.59 bits per heavy atom. The second-order valence-electron chi connectivity index (χ2n) is 11.3. The lowest BCUT2D eigenvalue weighted by molar-refractivity contribution is 0.567. The van der Waals surface area contributed by atoms with Crippen molar-refractivity contribution in [1.82, 2.24) is 25.1 Å². The average Bonchev–Trinajstić information content (AvgIpc) is 3.16. The standard InChI is InChI=1S/C10H16N2.C10H15N.C7H12N2/c1-7-9(10(3,4)5)6-11-8(2)12-7;1-8-9(10(2,3)4)6-5-7-11-8;1-7(2,3)6-4-5-8-9-6/h6H,1-5H3;5-7H,1-4H3;4-5H,1-3H3,(H,8,9). The predicted molar refractivity (Wildman–Crippen MR) is 135 cm³/mol. The van der Waals surface area contributed by atoms with E-state index in [1.165, 1.54) is 16.8 Å². The third kappa shape index (κ3) is 8.89. The fourth-order valence-corrected chi connectivity index (χ4v) is 3.27. The Morgan fingerprint density at radius 1 is 0.656 bits per heavy atom. The molecule has 0 saturated carbocycles. The third-order valence-electron chi connectivity index (χ3n) is 5.03. The number of pyridine rings is 1. The molecule has 0 atom stereocenters. The topological polar surface area (TPSA) is 67.3 Å². The maximum atomic E-state index is 4.33. The Balaban J connectivity index is 0.000000242. The molecule has 3 rings (SSSR count). The number of aromatic amines is 1. The Hall–Kier alpha value is -2.56. The first-order chi connectivity index (χ1) is 14.5. The van der Waals surface area contributed by atoms with E-state index in [9.17, 15) is 0 Å². The number of nitrogens with one attached hydrogen (secondary N) is 1. The van der Waals surface area contributed by atoms with Crippen LogP contribution in [0.2, 0.25) is 0 Å². The first kappa shape index (κ1) is 27.5. The van der Waals surface area contributed by atoms with Crippen LogP contribution < -0.4 is 0 Å². The fraction of sp³-hybridized carbons (Fsp3) is 0.556. The van der Waals surface area contributed by atoms with Gasteiger partial charge in [-0.1, -0.05) is 68.4 Å². The lowest BCUT2D eigenvalue weighted by atomic mass is 9.86. The molecule has 0 aliphatic carbocycles. The van der Waals surface area contributed by atoms with Crippen molar-refractivity contribution in [1.29, 1.82) is 0 Å². The van der Waals surface area contributed by atoms with Crippen molar-refractivity contribution in [3.8, 4) is 0 Å². The van der Waals surface area contributed by atoms with Crippen molar-refractivity contribution in [2.24, 2.45) is 0 Å². The number of aromatic nitrogens is 5. The van der Waals surface area contributed by atoms with Crippen LogP contribution >= 0.6 is 0 Å². The number of hydrogen-bond acceptors (Lipinski definition) is 4. The normalized spacial score (nSPS) is 11.8. The van der Waals surface area contributed by atoms with Crippen LogP contribution in [0.5, 0.6) is 0 Å². The molecule has 3 aromatic heterocycles. The summed E-state index contributed by atoms with van der Waals surface area (Å²) in [6, 6.07) is 6.13. The Morgan fingerprint density at radius 2 is 1.25 bits per heavy atom. The van der Waals surface area contributed by atoms with E-state index in [0.717, 1.165) is 17.2 Å². The lowest BCUT2D eigenvalue weighted by Crippen LogP contribution is -2.15. The summed E-state index contributed by atoms with van der Waals surface area (Å²) in [7, 11) is 0. The fourth-order valence-electron chi connectivity index (χ4n) is 3.27. The van der Waals surface area contributed by atoms with Gasteiger partial charge < -0.3 is 0 Å². The molecule has 0 bridgehead atoms. The molecule has 3 heterocycles. The van der Waals surface area contributed by atoms with Crippen molar-refractivity contribution in [2.75, 3.05) is 0 Å². The zero-order valence-corrected chi connectivity index (χ0v) is 22.3. The van der Waals surface area contributed by atoms with Gasteiger partial charge in [-0.3, -0.25) is 10.1 Å². The summed E-state index contributed by atoms with van der Waals surface area (Å²) in [6.45, 7) is 25.6. The summed E-state index contributed by atoms with van der Waals surface area (Å²) in [4.78, 5) is 12.8. The molecule has 0 aliphatic heterocycles. The molecular formula is C27H43N5. The molecule has 0 amide bonds. The van der Waals surface area contributed by atoms with Crippen molar-refractivity contribution < 1.29 is 0 Å². The number of nitrogens with zero attached hydrogens (tertiary/aromatic N) is 4. The number of hydrogen-bond donors (Lipinski definition) is 1. The maximum absolute atomic E-state index is 4.33. The molecule has 0 aliphatic rings.